The lowest BCUT2D eigenvalue weighted by atomic mass is 10.1. The van der Waals surface area contributed by atoms with Crippen molar-refractivity contribution in [3.63, 3.8) is 0 Å². The zero-order valence-corrected chi connectivity index (χ0v) is 14.6. The molecule has 1 fully saturated rings. The summed E-state index contributed by atoms with van der Waals surface area (Å²) in [6.45, 7) is 6.45. The van der Waals surface area contributed by atoms with Gasteiger partial charge in [0.25, 0.3) is 0 Å². The molecule has 2 N–H and O–H groups in total. The van der Waals surface area contributed by atoms with Gasteiger partial charge >= 0.3 is 6.09 Å². The Kier molecular flexibility index (Phi) is 5.74. The molecule has 5 heteroatoms. The molecule has 2 rings (SSSR count). The minimum absolute atomic E-state index is 0.452. The summed E-state index contributed by atoms with van der Waals surface area (Å²) in [5.41, 5.74) is 1.05. The van der Waals surface area contributed by atoms with Crippen LogP contribution >= 0.6 is 0 Å². The summed E-state index contributed by atoms with van der Waals surface area (Å²) < 4.78 is 10.6. The zero-order chi connectivity index (χ0) is 16.9. The van der Waals surface area contributed by atoms with Gasteiger partial charge in [-0.2, -0.15) is 0 Å². The average molecular weight is 320 g/mol. The SMILES string of the molecule is COc1ccc(NC(=O)OC(C)(C)C)c(NCC2CCCC2)c1. The highest BCUT2D eigenvalue weighted by Gasteiger charge is 2.19. The summed E-state index contributed by atoms with van der Waals surface area (Å²) in [6, 6.07) is 5.56. The maximum atomic E-state index is 12.0. The Bertz CT molecular complexity index is 532. The fraction of sp³-hybridized carbons (Fsp3) is 0.611. The third-order valence-electron chi connectivity index (χ3n) is 3.92. The van der Waals surface area contributed by atoms with E-state index in [2.05, 4.69) is 10.6 Å². The summed E-state index contributed by atoms with van der Waals surface area (Å²) in [6.07, 6.45) is 4.71. The van der Waals surface area contributed by atoms with Crippen LogP contribution in [0.5, 0.6) is 5.75 Å². The number of nitrogens with one attached hydrogen (secondary N) is 2. The Morgan fingerprint density at radius 2 is 1.91 bits per heavy atom. The molecule has 0 spiro atoms. The fourth-order valence-corrected chi connectivity index (χ4v) is 2.79. The van der Waals surface area contributed by atoms with E-state index in [1.54, 1.807) is 7.11 Å². The first-order chi connectivity index (χ1) is 10.9. The predicted octanol–water partition coefficient (Wildman–Crippen LogP) is 4.64. The van der Waals surface area contributed by atoms with Crippen LogP contribution in [0.1, 0.15) is 46.5 Å². The van der Waals surface area contributed by atoms with Gasteiger partial charge in [-0.3, -0.25) is 5.32 Å². The van der Waals surface area contributed by atoms with Crippen molar-refractivity contribution in [1.29, 1.82) is 0 Å². The van der Waals surface area contributed by atoms with Gasteiger partial charge in [0.2, 0.25) is 0 Å². The first kappa shape index (κ1) is 17.4. The lowest BCUT2D eigenvalue weighted by molar-refractivity contribution is 0.0636. The molecule has 0 atom stereocenters. The number of rotatable bonds is 5. The number of benzene rings is 1. The van der Waals surface area contributed by atoms with E-state index in [-0.39, 0.29) is 0 Å². The molecule has 1 aliphatic carbocycles. The maximum Gasteiger partial charge on any atom is 0.412 e. The maximum absolute atomic E-state index is 12.0. The van der Waals surface area contributed by atoms with Crippen molar-refractivity contribution in [2.24, 2.45) is 5.92 Å². The molecule has 0 bridgehead atoms. The quantitative estimate of drug-likeness (QED) is 0.829. The molecule has 1 saturated carbocycles. The van der Waals surface area contributed by atoms with Crippen LogP contribution in [0.25, 0.3) is 0 Å². The van der Waals surface area contributed by atoms with E-state index < -0.39 is 11.7 Å². The van der Waals surface area contributed by atoms with E-state index in [0.717, 1.165) is 18.0 Å². The lowest BCUT2D eigenvalue weighted by Gasteiger charge is -2.21. The Hall–Kier alpha value is -1.91. The van der Waals surface area contributed by atoms with Gasteiger partial charge in [0.05, 0.1) is 18.5 Å². The van der Waals surface area contributed by atoms with Crippen molar-refractivity contribution in [2.75, 3.05) is 24.3 Å². The highest BCUT2D eigenvalue weighted by molar-refractivity contribution is 5.90. The van der Waals surface area contributed by atoms with Crippen LogP contribution in [0, 0.1) is 5.92 Å². The van der Waals surface area contributed by atoms with E-state index in [1.165, 1.54) is 25.7 Å². The molecule has 1 amide bonds. The average Bonchev–Trinajstić information content (AvgIpc) is 2.97. The molecule has 0 radical (unpaired) electrons. The first-order valence-corrected chi connectivity index (χ1v) is 8.29. The molecule has 0 aromatic heterocycles. The number of hydrogen-bond donors (Lipinski definition) is 2. The number of ether oxygens (including phenoxy) is 2. The van der Waals surface area contributed by atoms with E-state index in [1.807, 2.05) is 39.0 Å². The largest absolute Gasteiger partial charge is 0.497 e. The van der Waals surface area contributed by atoms with Gasteiger partial charge in [0, 0.05) is 12.6 Å². The number of amides is 1. The standard InChI is InChI=1S/C18H28N2O3/c1-18(2,3)23-17(21)20-15-10-9-14(22-4)11-16(15)19-12-13-7-5-6-8-13/h9-11,13,19H,5-8,12H2,1-4H3,(H,20,21). The van der Waals surface area contributed by atoms with Crippen LogP contribution in [0.2, 0.25) is 0 Å². The van der Waals surface area contributed by atoms with Crippen LogP contribution in [-0.4, -0.2) is 25.3 Å². The number of hydrogen-bond acceptors (Lipinski definition) is 4. The van der Waals surface area contributed by atoms with Gasteiger partial charge in [-0.15, -0.1) is 0 Å². The second-order valence-electron chi connectivity index (χ2n) is 7.07. The van der Waals surface area contributed by atoms with Gasteiger partial charge in [0.15, 0.2) is 0 Å². The number of anilines is 2. The van der Waals surface area contributed by atoms with Crippen molar-refractivity contribution in [3.05, 3.63) is 18.2 Å². The second-order valence-corrected chi connectivity index (χ2v) is 7.07. The molecule has 0 unspecified atom stereocenters. The normalized spacial score (nSPS) is 15.3. The van der Waals surface area contributed by atoms with E-state index in [0.29, 0.717) is 11.6 Å². The summed E-state index contributed by atoms with van der Waals surface area (Å²) in [4.78, 5) is 12.0. The van der Waals surface area contributed by atoms with Crippen molar-refractivity contribution in [1.82, 2.24) is 0 Å². The van der Waals surface area contributed by atoms with E-state index >= 15 is 0 Å². The fourth-order valence-electron chi connectivity index (χ4n) is 2.79. The summed E-state index contributed by atoms with van der Waals surface area (Å²) in [5.74, 6) is 1.46. The van der Waals surface area contributed by atoms with Crippen molar-refractivity contribution in [2.45, 2.75) is 52.1 Å². The Balaban J connectivity index is 2.05. The molecule has 0 aliphatic heterocycles. The minimum atomic E-state index is -0.520. The zero-order valence-electron chi connectivity index (χ0n) is 14.6. The predicted molar refractivity (Wildman–Crippen MR) is 93.3 cm³/mol. The van der Waals surface area contributed by atoms with Gasteiger partial charge in [-0.1, -0.05) is 12.8 Å². The van der Waals surface area contributed by atoms with Crippen molar-refractivity contribution >= 4 is 17.5 Å². The van der Waals surface area contributed by atoms with Crippen LogP contribution in [0.15, 0.2) is 18.2 Å². The highest BCUT2D eigenvalue weighted by atomic mass is 16.6. The monoisotopic (exact) mass is 320 g/mol. The molecule has 1 aromatic carbocycles. The number of carbonyl (C=O) groups is 1. The Labute approximate surface area is 138 Å². The molecular weight excluding hydrogens is 292 g/mol. The van der Waals surface area contributed by atoms with Gasteiger partial charge < -0.3 is 14.8 Å². The topological polar surface area (TPSA) is 59.6 Å². The summed E-state index contributed by atoms with van der Waals surface area (Å²) in [5, 5.41) is 6.26. The minimum Gasteiger partial charge on any atom is -0.497 e. The molecule has 0 heterocycles. The van der Waals surface area contributed by atoms with Crippen LogP contribution in [0.3, 0.4) is 0 Å². The third kappa shape index (κ3) is 5.66. The Morgan fingerprint density at radius 1 is 1.22 bits per heavy atom. The second kappa shape index (κ2) is 7.57. The molecule has 128 valence electrons. The van der Waals surface area contributed by atoms with Gasteiger partial charge in [-0.05, 0) is 51.7 Å². The van der Waals surface area contributed by atoms with E-state index in [9.17, 15) is 4.79 Å². The van der Waals surface area contributed by atoms with Gasteiger partial charge in [0.1, 0.15) is 11.4 Å². The molecule has 0 saturated heterocycles. The molecule has 5 nitrogen and oxygen atoms in total. The molecule has 1 aliphatic rings. The first-order valence-electron chi connectivity index (χ1n) is 8.29. The lowest BCUT2D eigenvalue weighted by Crippen LogP contribution is -2.27. The number of carbonyl (C=O) groups excluding carboxylic acids is 1. The van der Waals surface area contributed by atoms with Crippen molar-refractivity contribution < 1.29 is 14.3 Å². The van der Waals surface area contributed by atoms with Gasteiger partial charge in [-0.25, -0.2) is 4.79 Å². The molecule has 1 aromatic rings. The third-order valence-corrected chi connectivity index (χ3v) is 3.92. The molecule has 23 heavy (non-hydrogen) atoms. The highest BCUT2D eigenvalue weighted by Crippen LogP contribution is 2.30. The number of methoxy groups -OCH3 is 1. The van der Waals surface area contributed by atoms with E-state index in [4.69, 9.17) is 9.47 Å². The van der Waals surface area contributed by atoms with Crippen LogP contribution in [-0.2, 0) is 4.74 Å². The van der Waals surface area contributed by atoms with Crippen LogP contribution in [0.4, 0.5) is 16.2 Å². The van der Waals surface area contributed by atoms with Crippen molar-refractivity contribution in [3.8, 4) is 5.75 Å². The smallest absolute Gasteiger partial charge is 0.412 e. The summed E-state index contributed by atoms with van der Waals surface area (Å²) in [7, 11) is 1.64. The summed E-state index contributed by atoms with van der Waals surface area (Å²) >= 11 is 0. The Morgan fingerprint density at radius 3 is 2.52 bits per heavy atom. The van der Waals surface area contributed by atoms with Crippen LogP contribution < -0.4 is 15.4 Å². The molecular formula is C18H28N2O3.